The van der Waals surface area contributed by atoms with Crippen LogP contribution in [0.5, 0.6) is 11.8 Å². The summed E-state index contributed by atoms with van der Waals surface area (Å²) in [6.07, 6.45) is -0.955. The number of nitrogens with zero attached hydrogens (tertiary/aromatic N) is 5. The van der Waals surface area contributed by atoms with Crippen molar-refractivity contribution < 1.29 is 41.3 Å². The van der Waals surface area contributed by atoms with E-state index in [0.717, 1.165) is 6.04 Å². The highest BCUT2D eigenvalue weighted by Gasteiger charge is 2.40. The fraction of sp³-hybridized carbons (Fsp3) is 0.448. The molecule has 5 heterocycles. The molecule has 1 amide bonds. The molecule has 0 aliphatic carbocycles. The number of rotatable bonds is 11. The van der Waals surface area contributed by atoms with Gasteiger partial charge >= 0.3 is 12.7 Å². The SMILES string of the molecule is COC(=O)N[C@]1(C)COc2c(-c3c(-c4cccnc4OC(F)F)c4cccnc4n3COCC[Si](C)(C)C)c(C(F)F)nn2C1. The first kappa shape index (κ1) is 32.2. The third-order valence-electron chi connectivity index (χ3n) is 7.27. The molecule has 0 radical (unpaired) electrons. The van der Waals surface area contributed by atoms with Gasteiger partial charge in [-0.1, -0.05) is 19.6 Å². The highest BCUT2D eigenvalue weighted by molar-refractivity contribution is 6.76. The molecule has 11 nitrogen and oxygen atoms in total. The third-order valence-corrected chi connectivity index (χ3v) is 8.97. The number of carbonyl (C=O) groups is 1. The molecule has 0 spiro atoms. The van der Waals surface area contributed by atoms with E-state index in [-0.39, 0.29) is 48.1 Å². The first-order valence-electron chi connectivity index (χ1n) is 14.1. The van der Waals surface area contributed by atoms with Crippen LogP contribution in [-0.4, -0.2) is 71.0 Å². The van der Waals surface area contributed by atoms with E-state index in [4.69, 9.17) is 18.9 Å². The summed E-state index contributed by atoms with van der Waals surface area (Å²) in [5, 5.41) is 7.34. The van der Waals surface area contributed by atoms with Crippen LogP contribution in [0.4, 0.5) is 22.4 Å². The number of amides is 1. The number of ether oxygens (including phenoxy) is 4. The van der Waals surface area contributed by atoms with Gasteiger partial charge in [0.2, 0.25) is 11.8 Å². The Kier molecular flexibility index (Phi) is 9.07. The van der Waals surface area contributed by atoms with E-state index in [0.29, 0.717) is 17.6 Å². The van der Waals surface area contributed by atoms with Gasteiger partial charge in [0.15, 0.2) is 0 Å². The zero-order valence-electron chi connectivity index (χ0n) is 25.4. The Morgan fingerprint density at radius 2 is 1.87 bits per heavy atom. The fourth-order valence-electron chi connectivity index (χ4n) is 5.20. The highest BCUT2D eigenvalue weighted by atomic mass is 28.3. The van der Waals surface area contributed by atoms with Gasteiger partial charge in [-0.05, 0) is 37.2 Å². The van der Waals surface area contributed by atoms with Crippen molar-refractivity contribution in [3.05, 3.63) is 42.4 Å². The number of hydrogen-bond donors (Lipinski definition) is 1. The van der Waals surface area contributed by atoms with Gasteiger partial charge in [0, 0.05) is 43.6 Å². The van der Waals surface area contributed by atoms with Crippen LogP contribution in [0.3, 0.4) is 0 Å². The Hall–Kier alpha value is -4.18. The Balaban J connectivity index is 1.77. The quantitative estimate of drug-likeness (QED) is 0.114. The molecule has 0 saturated carbocycles. The van der Waals surface area contributed by atoms with E-state index in [9.17, 15) is 22.4 Å². The van der Waals surface area contributed by atoms with Crippen molar-refractivity contribution in [2.75, 3.05) is 20.3 Å². The summed E-state index contributed by atoms with van der Waals surface area (Å²) in [4.78, 5) is 20.6. The number of alkyl halides is 4. The van der Waals surface area contributed by atoms with E-state index in [1.807, 2.05) is 0 Å². The number of pyridine rings is 2. The number of halogens is 4. The van der Waals surface area contributed by atoms with Gasteiger partial charge in [0.05, 0.1) is 30.5 Å². The smallest absolute Gasteiger partial charge is 0.407 e. The minimum absolute atomic E-state index is 0.00191. The molecule has 1 aliphatic heterocycles. The van der Waals surface area contributed by atoms with Crippen molar-refractivity contribution in [2.24, 2.45) is 0 Å². The summed E-state index contributed by atoms with van der Waals surface area (Å²) in [5.74, 6) is -0.395. The number of hydrogen-bond acceptors (Lipinski definition) is 8. The van der Waals surface area contributed by atoms with E-state index >= 15 is 0 Å². The Labute approximate surface area is 257 Å². The topological polar surface area (TPSA) is 115 Å². The summed E-state index contributed by atoms with van der Waals surface area (Å²) in [6.45, 7) is 5.27. The maximum Gasteiger partial charge on any atom is 0.407 e. The number of alkyl carbamates (subject to hydrolysis) is 1. The Morgan fingerprint density at radius 1 is 1.13 bits per heavy atom. The molecule has 5 rings (SSSR count). The molecule has 0 fully saturated rings. The van der Waals surface area contributed by atoms with Crippen molar-refractivity contribution in [1.82, 2.24) is 29.6 Å². The number of carbonyl (C=O) groups excluding carboxylic acids is 1. The van der Waals surface area contributed by atoms with Gasteiger partial charge < -0.3 is 28.8 Å². The summed E-state index contributed by atoms with van der Waals surface area (Å²) in [6, 6.07) is 7.25. The predicted molar refractivity (Wildman–Crippen MR) is 159 cm³/mol. The monoisotopic (exact) mass is 650 g/mol. The molecular weight excluding hydrogens is 616 g/mol. The second-order valence-corrected chi connectivity index (χ2v) is 17.7. The molecule has 4 aromatic rings. The van der Waals surface area contributed by atoms with Gasteiger partial charge in [0.25, 0.3) is 6.43 Å². The molecule has 242 valence electrons. The average Bonchev–Trinajstić information content (AvgIpc) is 3.49. The van der Waals surface area contributed by atoms with E-state index in [1.54, 1.807) is 23.6 Å². The zero-order chi connectivity index (χ0) is 32.5. The normalized spacial score (nSPS) is 16.6. The zero-order valence-corrected chi connectivity index (χ0v) is 26.4. The van der Waals surface area contributed by atoms with Gasteiger partial charge in [-0.25, -0.2) is 28.2 Å². The van der Waals surface area contributed by atoms with Crippen molar-refractivity contribution >= 4 is 25.2 Å². The van der Waals surface area contributed by atoms with Gasteiger partial charge in [-0.15, -0.1) is 0 Å². The molecule has 0 saturated heterocycles. The molecule has 16 heteroatoms. The molecule has 1 atom stereocenters. The first-order valence-corrected chi connectivity index (χ1v) is 17.9. The largest absolute Gasteiger partial charge is 0.475 e. The summed E-state index contributed by atoms with van der Waals surface area (Å²) < 4.78 is 81.3. The van der Waals surface area contributed by atoms with Crippen LogP contribution in [0.2, 0.25) is 25.7 Å². The first-order chi connectivity index (χ1) is 21.3. The lowest BCUT2D eigenvalue weighted by Gasteiger charge is -2.34. The van der Waals surface area contributed by atoms with Crippen LogP contribution in [0, 0.1) is 0 Å². The van der Waals surface area contributed by atoms with Crippen LogP contribution in [0.25, 0.3) is 33.4 Å². The third kappa shape index (κ3) is 6.75. The Bertz CT molecular complexity index is 1690. The van der Waals surface area contributed by atoms with Crippen LogP contribution in [-0.2, 0) is 22.7 Å². The second kappa shape index (κ2) is 12.7. The maximum absolute atomic E-state index is 14.9. The van der Waals surface area contributed by atoms with Gasteiger partial charge in [-0.3, -0.25) is 0 Å². The molecule has 1 N–H and O–H groups in total. The van der Waals surface area contributed by atoms with Crippen LogP contribution >= 0.6 is 0 Å². The van der Waals surface area contributed by atoms with Crippen molar-refractivity contribution in [2.45, 2.75) is 64.5 Å². The fourth-order valence-corrected chi connectivity index (χ4v) is 5.95. The Morgan fingerprint density at radius 3 is 2.56 bits per heavy atom. The molecular formula is C29H34F4N6O5Si. The van der Waals surface area contributed by atoms with Crippen molar-refractivity contribution in [3.8, 4) is 34.1 Å². The number of nitrogens with one attached hydrogen (secondary N) is 1. The molecule has 0 bridgehead atoms. The highest BCUT2D eigenvalue weighted by Crippen LogP contribution is 2.49. The van der Waals surface area contributed by atoms with Crippen molar-refractivity contribution in [3.63, 3.8) is 0 Å². The lowest BCUT2D eigenvalue weighted by molar-refractivity contribution is -0.0524. The number of aromatic nitrogens is 5. The summed E-state index contributed by atoms with van der Waals surface area (Å²) in [5.41, 5.74) is -0.821. The lowest BCUT2D eigenvalue weighted by atomic mass is 9.98. The lowest BCUT2D eigenvalue weighted by Crippen LogP contribution is -2.55. The van der Waals surface area contributed by atoms with Crippen LogP contribution in [0.1, 0.15) is 19.0 Å². The molecule has 0 aromatic carbocycles. The van der Waals surface area contributed by atoms with E-state index < -0.39 is 44.3 Å². The standard InChI is InChI=1S/C29H34F4N6O5Si/c1-29(36-28(40)41-2)14-39-26(43-15-29)20(21(37-39)23(30)31)22-19(18-9-7-11-35-25(18)44-27(32)33)17-8-6-10-34-24(17)38(22)16-42-12-13-45(3,4)5/h6-11,23,27H,12-16H2,1-5H3,(H,36,40)/t29-/m0/s1. The van der Waals surface area contributed by atoms with Gasteiger partial charge in [-0.2, -0.15) is 13.9 Å². The van der Waals surface area contributed by atoms with E-state index in [1.165, 1.54) is 36.3 Å². The minimum Gasteiger partial charge on any atom is -0.475 e. The van der Waals surface area contributed by atoms with Gasteiger partial charge in [0.1, 0.15) is 24.7 Å². The molecule has 4 aromatic heterocycles. The molecule has 45 heavy (non-hydrogen) atoms. The average molecular weight is 651 g/mol. The molecule has 0 unspecified atom stereocenters. The number of fused-ring (bicyclic) bond motifs is 2. The number of methoxy groups -OCH3 is 1. The maximum atomic E-state index is 14.9. The molecule has 1 aliphatic rings. The van der Waals surface area contributed by atoms with Crippen molar-refractivity contribution in [1.29, 1.82) is 0 Å². The van der Waals surface area contributed by atoms with E-state index in [2.05, 4.69) is 40.0 Å². The second-order valence-electron chi connectivity index (χ2n) is 12.1. The predicted octanol–water partition coefficient (Wildman–Crippen LogP) is 6.32. The summed E-state index contributed by atoms with van der Waals surface area (Å²) >= 11 is 0. The van der Waals surface area contributed by atoms with Crippen LogP contribution in [0.15, 0.2) is 36.7 Å². The van der Waals surface area contributed by atoms with Crippen LogP contribution < -0.4 is 14.8 Å². The minimum atomic E-state index is -3.19. The summed E-state index contributed by atoms with van der Waals surface area (Å²) in [7, 11) is -0.268.